The summed E-state index contributed by atoms with van der Waals surface area (Å²) in [5.74, 6) is 0.425. The van der Waals surface area contributed by atoms with Gasteiger partial charge in [0.2, 0.25) is 0 Å². The van der Waals surface area contributed by atoms with Crippen molar-refractivity contribution in [3.63, 3.8) is 0 Å². The molecule has 8 heteroatoms. The maximum atomic E-state index is 14.0. The molecule has 1 fully saturated rings. The third kappa shape index (κ3) is 5.21. The zero-order valence-electron chi connectivity index (χ0n) is 18.8. The number of rotatable bonds is 6. The number of nitrogens with zero attached hydrogens (tertiary/aromatic N) is 4. The Morgan fingerprint density at radius 2 is 2.06 bits per heavy atom. The largest absolute Gasteiger partial charge is 0.491 e. The lowest BCUT2D eigenvalue weighted by atomic mass is 9.97. The number of aromatic nitrogens is 3. The molecule has 172 valence electrons. The number of ether oxygens (including phenoxy) is 1. The zero-order chi connectivity index (χ0) is 22.0. The molecule has 1 saturated heterocycles. The maximum Gasteiger partial charge on any atom is 0.276 e. The molecular formula is C24H30ClFN4O2. The lowest BCUT2D eigenvalue weighted by Crippen LogP contribution is -2.45. The van der Waals surface area contributed by atoms with E-state index in [2.05, 4.69) is 23.8 Å². The van der Waals surface area contributed by atoms with Gasteiger partial charge in [0.1, 0.15) is 0 Å². The molecule has 0 unspecified atom stereocenters. The molecule has 3 aromatic rings. The number of halogens is 2. The summed E-state index contributed by atoms with van der Waals surface area (Å²) >= 11 is 0. The van der Waals surface area contributed by atoms with Gasteiger partial charge in [-0.15, -0.1) is 12.4 Å². The molecule has 6 nitrogen and oxygen atoms in total. The van der Waals surface area contributed by atoms with Crippen LogP contribution in [-0.2, 0) is 6.42 Å². The lowest BCUT2D eigenvalue weighted by molar-refractivity contribution is 0.0600. The van der Waals surface area contributed by atoms with Crippen molar-refractivity contribution >= 4 is 24.0 Å². The smallest absolute Gasteiger partial charge is 0.276 e. The summed E-state index contributed by atoms with van der Waals surface area (Å²) in [7, 11) is 0. The Morgan fingerprint density at radius 1 is 1.25 bits per heavy atom. The summed E-state index contributed by atoms with van der Waals surface area (Å²) in [5, 5.41) is 0. The molecule has 1 aliphatic rings. The summed E-state index contributed by atoms with van der Waals surface area (Å²) in [5.41, 5.74) is 2.25. The highest BCUT2D eigenvalue weighted by Crippen LogP contribution is 2.26. The molecule has 0 aliphatic carbocycles. The first-order chi connectivity index (χ1) is 14.9. The lowest BCUT2D eigenvalue weighted by Gasteiger charge is -2.35. The van der Waals surface area contributed by atoms with Gasteiger partial charge in [-0.3, -0.25) is 4.79 Å². The number of carbonyl (C=O) groups is 1. The Kier molecular flexibility index (Phi) is 7.72. The zero-order valence-corrected chi connectivity index (χ0v) is 19.6. The van der Waals surface area contributed by atoms with Gasteiger partial charge in [-0.05, 0) is 56.4 Å². The second-order valence-corrected chi connectivity index (χ2v) is 8.68. The number of fused-ring (bicyclic) bond motifs is 1. The van der Waals surface area contributed by atoms with E-state index >= 15 is 0 Å². The van der Waals surface area contributed by atoms with E-state index in [0.29, 0.717) is 42.6 Å². The summed E-state index contributed by atoms with van der Waals surface area (Å²) in [6, 6.07) is 6.76. The maximum absolute atomic E-state index is 14.0. The molecule has 4 heterocycles. The van der Waals surface area contributed by atoms with Gasteiger partial charge in [0, 0.05) is 37.1 Å². The molecule has 4 rings (SSSR count). The summed E-state index contributed by atoms with van der Waals surface area (Å²) < 4.78 is 21.6. The fourth-order valence-electron chi connectivity index (χ4n) is 4.06. The summed E-state index contributed by atoms with van der Waals surface area (Å²) in [6.07, 6.45) is 7.10. The van der Waals surface area contributed by atoms with E-state index in [-0.39, 0.29) is 30.2 Å². The highest BCUT2D eigenvalue weighted by Gasteiger charge is 2.31. The van der Waals surface area contributed by atoms with Crippen LogP contribution in [0.15, 0.2) is 36.7 Å². The number of carbonyl (C=O) groups excluding carboxylic acids is 1. The fourth-order valence-corrected chi connectivity index (χ4v) is 4.06. The quantitative estimate of drug-likeness (QED) is 0.526. The van der Waals surface area contributed by atoms with Gasteiger partial charge < -0.3 is 14.0 Å². The molecule has 1 aliphatic heterocycles. The van der Waals surface area contributed by atoms with Crippen molar-refractivity contribution < 1.29 is 13.9 Å². The van der Waals surface area contributed by atoms with Gasteiger partial charge in [-0.25, -0.2) is 14.4 Å². The normalized spacial score (nSPS) is 16.3. The van der Waals surface area contributed by atoms with E-state index in [1.807, 2.05) is 30.2 Å². The van der Waals surface area contributed by atoms with Crippen molar-refractivity contribution in [3.05, 3.63) is 59.6 Å². The van der Waals surface area contributed by atoms with E-state index in [4.69, 9.17) is 4.74 Å². The second kappa shape index (κ2) is 10.3. The highest BCUT2D eigenvalue weighted by molar-refractivity contribution is 5.95. The minimum atomic E-state index is -0.346. The average molecular weight is 461 g/mol. The molecule has 0 radical (unpaired) electrons. The van der Waals surface area contributed by atoms with Crippen LogP contribution in [0.5, 0.6) is 5.75 Å². The van der Waals surface area contributed by atoms with Crippen LogP contribution >= 0.6 is 12.4 Å². The van der Waals surface area contributed by atoms with Crippen LogP contribution < -0.4 is 4.74 Å². The molecule has 0 saturated carbocycles. The van der Waals surface area contributed by atoms with E-state index in [1.165, 1.54) is 6.07 Å². The van der Waals surface area contributed by atoms with Crippen LogP contribution in [0, 0.1) is 18.7 Å². The number of aryl methyl sites for hydroxylation is 1. The molecule has 0 bridgehead atoms. The number of likely N-dealkylation sites (tertiary alicyclic amines) is 1. The van der Waals surface area contributed by atoms with Crippen molar-refractivity contribution in [2.24, 2.45) is 5.92 Å². The predicted octanol–water partition coefficient (Wildman–Crippen LogP) is 4.87. The molecule has 0 spiro atoms. The number of hydrogen-bond donors (Lipinski definition) is 0. The molecule has 0 aromatic carbocycles. The van der Waals surface area contributed by atoms with Crippen LogP contribution in [0.3, 0.4) is 0 Å². The molecule has 32 heavy (non-hydrogen) atoms. The second-order valence-electron chi connectivity index (χ2n) is 8.68. The average Bonchev–Trinajstić information content (AvgIpc) is 3.16. The molecule has 1 atom stereocenters. The molecule has 3 aromatic heterocycles. The Labute approximate surface area is 194 Å². The van der Waals surface area contributed by atoms with Gasteiger partial charge in [0.25, 0.3) is 5.91 Å². The summed E-state index contributed by atoms with van der Waals surface area (Å²) in [4.78, 5) is 24.4. The van der Waals surface area contributed by atoms with Crippen molar-refractivity contribution in [1.29, 1.82) is 0 Å². The number of hydrogen-bond acceptors (Lipinski definition) is 4. The molecular weight excluding hydrogens is 431 g/mol. The number of pyridine rings is 2. The van der Waals surface area contributed by atoms with Crippen LogP contribution in [0.1, 0.15) is 55.0 Å². The standard InChI is InChI=1S/C24H29FN4O2.ClH/c1-16(2)15-31-21-10-9-17(3)26-22(21)24(30)29-12-5-4-7-19(29)13-18-14-28-11-6-8-20(25)23(28)27-18;/h6,8-11,14,16,19H,4-5,7,12-13,15H2,1-3H3;1H/t19-;/m0./s1. The van der Waals surface area contributed by atoms with Gasteiger partial charge in [-0.1, -0.05) is 13.8 Å². The fraction of sp³-hybridized carbons (Fsp3) is 0.458. The van der Waals surface area contributed by atoms with E-state index in [0.717, 1.165) is 30.7 Å². The first kappa shape index (κ1) is 24.0. The first-order valence-electron chi connectivity index (χ1n) is 11.0. The number of piperidine rings is 1. The third-order valence-electron chi connectivity index (χ3n) is 5.59. The highest BCUT2D eigenvalue weighted by atomic mass is 35.5. The third-order valence-corrected chi connectivity index (χ3v) is 5.59. The Hall–Kier alpha value is -2.67. The number of imidazole rings is 1. The SMILES string of the molecule is Cc1ccc(OCC(C)C)c(C(=O)N2CCCC[C@H]2Cc2cn3cccc(F)c3n2)n1.Cl. The van der Waals surface area contributed by atoms with Crippen LogP contribution in [0.25, 0.3) is 5.65 Å². The van der Waals surface area contributed by atoms with E-state index < -0.39 is 0 Å². The van der Waals surface area contributed by atoms with Gasteiger partial charge >= 0.3 is 0 Å². The van der Waals surface area contributed by atoms with Gasteiger partial charge in [-0.2, -0.15) is 0 Å². The monoisotopic (exact) mass is 460 g/mol. The molecule has 0 N–H and O–H groups in total. The topological polar surface area (TPSA) is 59.7 Å². The molecule has 1 amide bonds. The van der Waals surface area contributed by atoms with Crippen molar-refractivity contribution in [3.8, 4) is 5.75 Å². The van der Waals surface area contributed by atoms with Crippen LogP contribution in [0.4, 0.5) is 4.39 Å². The minimum absolute atomic E-state index is 0. The van der Waals surface area contributed by atoms with Crippen molar-refractivity contribution in [2.75, 3.05) is 13.2 Å². The number of amides is 1. The van der Waals surface area contributed by atoms with Crippen LogP contribution in [0.2, 0.25) is 0 Å². The van der Waals surface area contributed by atoms with Gasteiger partial charge in [0.05, 0.1) is 12.3 Å². The Morgan fingerprint density at radius 3 is 2.81 bits per heavy atom. The van der Waals surface area contributed by atoms with E-state index in [9.17, 15) is 9.18 Å². The Balaban J connectivity index is 0.00000289. The van der Waals surface area contributed by atoms with Crippen LogP contribution in [-0.4, -0.2) is 44.4 Å². The van der Waals surface area contributed by atoms with Crippen molar-refractivity contribution in [1.82, 2.24) is 19.3 Å². The Bertz CT molecular complexity index is 1090. The van der Waals surface area contributed by atoms with Gasteiger partial charge in [0.15, 0.2) is 22.9 Å². The van der Waals surface area contributed by atoms with Crippen molar-refractivity contribution in [2.45, 2.75) is 52.5 Å². The summed E-state index contributed by atoms with van der Waals surface area (Å²) in [6.45, 7) is 7.22. The first-order valence-corrected chi connectivity index (χ1v) is 11.0. The minimum Gasteiger partial charge on any atom is -0.491 e. The predicted molar refractivity (Wildman–Crippen MR) is 124 cm³/mol. The van der Waals surface area contributed by atoms with E-state index in [1.54, 1.807) is 16.7 Å².